The Bertz CT molecular complexity index is 427. The van der Waals surface area contributed by atoms with Gasteiger partial charge < -0.3 is 10.7 Å². The molecule has 18 heavy (non-hydrogen) atoms. The highest BCUT2D eigenvalue weighted by Crippen LogP contribution is 2.51. The fourth-order valence-corrected chi connectivity index (χ4v) is 2.34. The number of nitrogens with zero attached hydrogens (tertiary/aromatic N) is 2. The summed E-state index contributed by atoms with van der Waals surface area (Å²) in [5, 5.41) is 3.44. The fraction of sp³-hybridized carbons (Fsp3) is 0.692. The van der Waals surface area contributed by atoms with Gasteiger partial charge in [-0.15, -0.1) is 0 Å². The maximum absolute atomic E-state index is 5.50. The molecule has 0 aliphatic heterocycles. The summed E-state index contributed by atoms with van der Waals surface area (Å²) in [6, 6.07) is 0. The minimum Gasteiger partial charge on any atom is -0.369 e. The zero-order valence-electron chi connectivity index (χ0n) is 11.6. The van der Waals surface area contributed by atoms with Crippen molar-refractivity contribution in [2.75, 3.05) is 17.3 Å². The van der Waals surface area contributed by atoms with Gasteiger partial charge in [-0.05, 0) is 23.7 Å². The van der Waals surface area contributed by atoms with Crippen LogP contribution in [-0.2, 0) is 0 Å². The minimum atomic E-state index is 0.326. The third kappa shape index (κ3) is 2.56. The average molecular weight is 249 g/mol. The van der Waals surface area contributed by atoms with Gasteiger partial charge in [0.1, 0.15) is 18.0 Å². The van der Waals surface area contributed by atoms with Crippen molar-refractivity contribution in [2.45, 2.75) is 40.0 Å². The molecular formula is C13H23N5. The van der Waals surface area contributed by atoms with Crippen molar-refractivity contribution < 1.29 is 0 Å². The second-order valence-corrected chi connectivity index (χ2v) is 6.05. The van der Waals surface area contributed by atoms with Crippen LogP contribution >= 0.6 is 0 Å². The first kappa shape index (κ1) is 13.1. The molecule has 0 bridgehead atoms. The molecule has 5 heteroatoms. The third-order valence-corrected chi connectivity index (χ3v) is 3.83. The summed E-state index contributed by atoms with van der Waals surface area (Å²) in [6.45, 7) is 9.80. The van der Waals surface area contributed by atoms with Gasteiger partial charge in [0.15, 0.2) is 0 Å². The first-order valence-corrected chi connectivity index (χ1v) is 6.51. The second-order valence-electron chi connectivity index (χ2n) is 6.05. The molecule has 1 saturated carbocycles. The summed E-state index contributed by atoms with van der Waals surface area (Å²) < 4.78 is 0. The number of nitrogen functional groups attached to an aromatic ring is 1. The predicted molar refractivity (Wildman–Crippen MR) is 74.3 cm³/mol. The molecule has 100 valence electrons. The molecule has 1 fully saturated rings. The van der Waals surface area contributed by atoms with Crippen LogP contribution in [0.2, 0.25) is 0 Å². The zero-order valence-corrected chi connectivity index (χ0v) is 11.6. The zero-order chi connectivity index (χ0) is 13.3. The van der Waals surface area contributed by atoms with Crippen LogP contribution in [0.15, 0.2) is 6.33 Å². The summed E-state index contributed by atoms with van der Waals surface area (Å²) >= 11 is 0. The van der Waals surface area contributed by atoms with Crippen molar-refractivity contribution in [1.29, 1.82) is 0 Å². The van der Waals surface area contributed by atoms with Gasteiger partial charge in [0.2, 0.25) is 0 Å². The number of nitrogens with two attached hydrogens (primary N) is 1. The van der Waals surface area contributed by atoms with E-state index < -0.39 is 0 Å². The molecule has 1 aromatic rings. The predicted octanol–water partition coefficient (Wildman–Crippen LogP) is 2.34. The molecule has 0 radical (unpaired) electrons. The molecule has 1 aliphatic carbocycles. The van der Waals surface area contributed by atoms with E-state index >= 15 is 0 Å². The quantitative estimate of drug-likeness (QED) is 0.551. The van der Waals surface area contributed by atoms with E-state index in [2.05, 4.69) is 48.4 Å². The maximum atomic E-state index is 5.50. The summed E-state index contributed by atoms with van der Waals surface area (Å²) in [5.74, 6) is 8.17. The molecule has 0 aromatic carbocycles. The van der Waals surface area contributed by atoms with Crippen LogP contribution in [0.5, 0.6) is 0 Å². The summed E-state index contributed by atoms with van der Waals surface area (Å²) in [4.78, 5) is 8.50. The van der Waals surface area contributed by atoms with Crippen LogP contribution in [0.1, 0.15) is 45.6 Å². The minimum absolute atomic E-state index is 0.326. The molecule has 1 atom stereocenters. The molecule has 1 heterocycles. The van der Waals surface area contributed by atoms with Crippen molar-refractivity contribution in [3.8, 4) is 0 Å². The second kappa shape index (κ2) is 4.72. The van der Waals surface area contributed by atoms with E-state index in [1.54, 1.807) is 6.33 Å². The number of nitrogens with one attached hydrogen (secondary N) is 2. The molecule has 1 aliphatic rings. The summed E-state index contributed by atoms with van der Waals surface area (Å²) in [6.07, 6.45) is 2.82. The molecule has 0 saturated heterocycles. The highest BCUT2D eigenvalue weighted by molar-refractivity contribution is 5.58. The number of hydrazine groups is 1. The molecule has 4 N–H and O–H groups in total. The Kier molecular flexibility index (Phi) is 3.43. The summed E-state index contributed by atoms with van der Waals surface area (Å²) in [7, 11) is 0. The third-order valence-electron chi connectivity index (χ3n) is 3.83. The van der Waals surface area contributed by atoms with E-state index in [4.69, 9.17) is 5.84 Å². The summed E-state index contributed by atoms with van der Waals surface area (Å²) in [5.41, 5.74) is 4.18. The Labute approximate surface area is 109 Å². The average Bonchev–Trinajstić information content (AvgIpc) is 2.93. The Morgan fingerprint density at radius 1 is 1.39 bits per heavy atom. The van der Waals surface area contributed by atoms with Crippen LogP contribution in [-0.4, -0.2) is 16.5 Å². The standard InChI is InChI=1S/C13H23N5/c1-8(2)10-11(16-7-17-12(10)18-14)15-6-9-5-13(9,3)4/h7-9H,5-6,14H2,1-4H3,(H2,15,16,17,18). The normalized spacial score (nSPS) is 20.9. The van der Waals surface area contributed by atoms with Crippen molar-refractivity contribution in [2.24, 2.45) is 17.2 Å². The Balaban J connectivity index is 2.12. The van der Waals surface area contributed by atoms with Crippen molar-refractivity contribution in [3.05, 3.63) is 11.9 Å². The van der Waals surface area contributed by atoms with Gasteiger partial charge in [0.05, 0.1) is 0 Å². The van der Waals surface area contributed by atoms with Crippen LogP contribution in [0.3, 0.4) is 0 Å². The van der Waals surface area contributed by atoms with E-state index in [0.717, 1.165) is 23.8 Å². The lowest BCUT2D eigenvalue weighted by Crippen LogP contribution is -2.16. The lowest BCUT2D eigenvalue weighted by molar-refractivity contribution is 0.572. The first-order chi connectivity index (χ1) is 8.45. The SMILES string of the molecule is CC(C)c1c(NN)ncnc1NCC1CC1(C)C. The van der Waals surface area contributed by atoms with Gasteiger partial charge in [-0.2, -0.15) is 0 Å². The smallest absolute Gasteiger partial charge is 0.148 e. The van der Waals surface area contributed by atoms with Gasteiger partial charge in [0.25, 0.3) is 0 Å². The topological polar surface area (TPSA) is 75.9 Å². The Morgan fingerprint density at radius 3 is 2.50 bits per heavy atom. The van der Waals surface area contributed by atoms with Gasteiger partial charge in [-0.1, -0.05) is 27.7 Å². The van der Waals surface area contributed by atoms with Crippen LogP contribution in [0, 0.1) is 11.3 Å². The number of rotatable bonds is 5. The molecule has 0 spiro atoms. The number of hydrogen-bond donors (Lipinski definition) is 3. The van der Waals surface area contributed by atoms with Crippen molar-refractivity contribution in [3.63, 3.8) is 0 Å². The number of aromatic nitrogens is 2. The maximum Gasteiger partial charge on any atom is 0.148 e. The number of hydrogen-bond acceptors (Lipinski definition) is 5. The van der Waals surface area contributed by atoms with Gasteiger partial charge >= 0.3 is 0 Å². The largest absolute Gasteiger partial charge is 0.369 e. The molecule has 5 nitrogen and oxygen atoms in total. The molecular weight excluding hydrogens is 226 g/mol. The lowest BCUT2D eigenvalue weighted by atomic mass is 10.0. The van der Waals surface area contributed by atoms with E-state index in [0.29, 0.717) is 17.2 Å². The Hall–Kier alpha value is -1.36. The first-order valence-electron chi connectivity index (χ1n) is 6.51. The molecule has 1 unspecified atom stereocenters. The molecule has 0 amide bonds. The van der Waals surface area contributed by atoms with Crippen molar-refractivity contribution >= 4 is 11.6 Å². The highest BCUT2D eigenvalue weighted by Gasteiger charge is 2.45. The van der Waals surface area contributed by atoms with Gasteiger partial charge in [-0.3, -0.25) is 0 Å². The van der Waals surface area contributed by atoms with E-state index in [1.165, 1.54) is 6.42 Å². The van der Waals surface area contributed by atoms with E-state index in [9.17, 15) is 0 Å². The lowest BCUT2D eigenvalue weighted by Gasteiger charge is -2.16. The van der Waals surface area contributed by atoms with Gasteiger partial charge in [0, 0.05) is 12.1 Å². The van der Waals surface area contributed by atoms with Crippen LogP contribution < -0.4 is 16.6 Å². The van der Waals surface area contributed by atoms with E-state index in [-0.39, 0.29) is 0 Å². The monoisotopic (exact) mass is 249 g/mol. The highest BCUT2D eigenvalue weighted by atomic mass is 15.3. The van der Waals surface area contributed by atoms with Crippen LogP contribution in [0.4, 0.5) is 11.6 Å². The van der Waals surface area contributed by atoms with Crippen molar-refractivity contribution in [1.82, 2.24) is 9.97 Å². The fourth-order valence-electron chi connectivity index (χ4n) is 2.34. The molecule has 2 rings (SSSR count). The molecule has 1 aromatic heterocycles. The number of anilines is 2. The Morgan fingerprint density at radius 2 is 2.00 bits per heavy atom. The van der Waals surface area contributed by atoms with Crippen LogP contribution in [0.25, 0.3) is 0 Å². The van der Waals surface area contributed by atoms with E-state index in [1.807, 2.05) is 0 Å². The van der Waals surface area contributed by atoms with Gasteiger partial charge in [-0.25, -0.2) is 15.8 Å².